The number of esters is 2. The summed E-state index contributed by atoms with van der Waals surface area (Å²) in [6.07, 6.45) is 2.11. The molecular formula is C18H30O6. The first-order valence-electron chi connectivity index (χ1n) is 8.73. The summed E-state index contributed by atoms with van der Waals surface area (Å²) in [7, 11) is 0. The maximum atomic E-state index is 12.2. The molecule has 0 saturated heterocycles. The first-order valence-corrected chi connectivity index (χ1v) is 8.73. The van der Waals surface area contributed by atoms with E-state index >= 15 is 0 Å². The molecule has 6 heteroatoms. The van der Waals surface area contributed by atoms with E-state index < -0.39 is 36.2 Å². The maximum Gasteiger partial charge on any atom is 0.306 e. The molecule has 6 nitrogen and oxygen atoms in total. The Morgan fingerprint density at radius 1 is 0.875 bits per heavy atom. The number of ether oxygens (including phenoxy) is 2. The molecule has 0 N–H and O–H groups in total. The first-order chi connectivity index (χ1) is 11.3. The zero-order chi connectivity index (χ0) is 18.5. The Hall–Kier alpha value is -1.72. The highest BCUT2D eigenvalue weighted by molar-refractivity contribution is 6.39. The minimum absolute atomic E-state index is 0.0185. The summed E-state index contributed by atoms with van der Waals surface area (Å²) < 4.78 is 10.1. The fourth-order valence-corrected chi connectivity index (χ4v) is 1.91. The number of rotatable bonds is 13. The van der Waals surface area contributed by atoms with Crippen molar-refractivity contribution in [3.63, 3.8) is 0 Å². The van der Waals surface area contributed by atoms with Crippen LogP contribution in [0.5, 0.6) is 0 Å². The number of Topliss-reactive ketones (excluding diaryl/α,β-unsaturated/α-hetero) is 2. The summed E-state index contributed by atoms with van der Waals surface area (Å²) in [6, 6.07) is 0. The highest BCUT2D eigenvalue weighted by Crippen LogP contribution is 2.08. The van der Waals surface area contributed by atoms with Gasteiger partial charge in [-0.1, -0.05) is 40.5 Å². The van der Waals surface area contributed by atoms with Crippen molar-refractivity contribution in [3.8, 4) is 0 Å². The zero-order valence-electron chi connectivity index (χ0n) is 15.3. The van der Waals surface area contributed by atoms with Crippen LogP contribution in [-0.2, 0) is 28.7 Å². The first kappa shape index (κ1) is 22.3. The largest absolute Gasteiger partial charge is 0.461 e. The van der Waals surface area contributed by atoms with E-state index in [1.807, 2.05) is 27.7 Å². The van der Waals surface area contributed by atoms with Crippen molar-refractivity contribution < 1.29 is 28.7 Å². The van der Waals surface area contributed by atoms with Crippen molar-refractivity contribution in [1.29, 1.82) is 0 Å². The van der Waals surface area contributed by atoms with E-state index in [9.17, 15) is 19.2 Å². The van der Waals surface area contributed by atoms with Crippen LogP contribution in [0.25, 0.3) is 0 Å². The molecular weight excluding hydrogens is 312 g/mol. The third-order valence-corrected chi connectivity index (χ3v) is 3.30. The Kier molecular flexibility index (Phi) is 11.8. The lowest BCUT2D eigenvalue weighted by Gasteiger charge is -2.17. The fraction of sp³-hybridized carbons (Fsp3) is 0.778. The fourth-order valence-electron chi connectivity index (χ4n) is 1.91. The number of hydrogen-bond donors (Lipinski definition) is 0. The lowest BCUT2D eigenvalue weighted by Crippen LogP contribution is -2.37. The van der Waals surface area contributed by atoms with Crippen LogP contribution in [0, 0.1) is 5.92 Å². The molecule has 0 bridgehead atoms. The average Bonchev–Trinajstić information content (AvgIpc) is 2.53. The number of ketones is 2. The van der Waals surface area contributed by atoms with Crippen molar-refractivity contribution >= 4 is 23.5 Å². The van der Waals surface area contributed by atoms with Gasteiger partial charge in [0.2, 0.25) is 17.7 Å². The normalized spacial score (nSPS) is 11.9. The number of hydrogen-bond acceptors (Lipinski definition) is 6. The van der Waals surface area contributed by atoms with E-state index in [2.05, 4.69) is 0 Å². The highest BCUT2D eigenvalue weighted by Gasteiger charge is 2.30. The van der Waals surface area contributed by atoms with Gasteiger partial charge >= 0.3 is 11.9 Å². The van der Waals surface area contributed by atoms with Crippen molar-refractivity contribution in [2.45, 2.75) is 78.7 Å². The molecule has 138 valence electrons. The minimum atomic E-state index is -1.34. The van der Waals surface area contributed by atoms with Crippen molar-refractivity contribution in [3.05, 3.63) is 0 Å². The Bertz CT molecular complexity index is 427. The molecule has 0 saturated carbocycles. The van der Waals surface area contributed by atoms with Gasteiger partial charge in [0, 0.05) is 19.3 Å². The predicted molar refractivity (Wildman–Crippen MR) is 89.4 cm³/mol. The van der Waals surface area contributed by atoms with E-state index in [4.69, 9.17) is 9.47 Å². The molecule has 1 atom stereocenters. The Labute approximate surface area is 144 Å². The molecule has 0 heterocycles. The summed E-state index contributed by atoms with van der Waals surface area (Å²) in [5.41, 5.74) is 0. The van der Waals surface area contributed by atoms with Crippen molar-refractivity contribution in [1.82, 2.24) is 0 Å². The van der Waals surface area contributed by atoms with Crippen LogP contribution in [0.1, 0.15) is 72.6 Å². The van der Waals surface area contributed by atoms with E-state index in [1.54, 1.807) is 0 Å². The summed E-state index contributed by atoms with van der Waals surface area (Å²) in [6.45, 7) is 7.11. The van der Waals surface area contributed by atoms with Gasteiger partial charge in [-0.15, -0.1) is 0 Å². The third-order valence-electron chi connectivity index (χ3n) is 3.30. The summed E-state index contributed by atoms with van der Waals surface area (Å²) >= 11 is 0. The van der Waals surface area contributed by atoms with Gasteiger partial charge in [0.15, 0.2) is 0 Å². The smallest absolute Gasteiger partial charge is 0.306 e. The van der Waals surface area contributed by atoms with E-state index in [0.29, 0.717) is 12.8 Å². The molecule has 0 aliphatic rings. The van der Waals surface area contributed by atoms with E-state index in [0.717, 1.165) is 12.8 Å². The molecule has 0 radical (unpaired) electrons. The van der Waals surface area contributed by atoms with Crippen molar-refractivity contribution in [2.75, 3.05) is 6.61 Å². The van der Waals surface area contributed by atoms with Gasteiger partial charge in [-0.05, 0) is 18.8 Å². The molecule has 0 fully saturated rings. The van der Waals surface area contributed by atoms with Gasteiger partial charge < -0.3 is 9.47 Å². The number of carbonyl (C=O) groups is 4. The van der Waals surface area contributed by atoms with Crippen LogP contribution in [0.4, 0.5) is 0 Å². The van der Waals surface area contributed by atoms with Crippen LogP contribution >= 0.6 is 0 Å². The summed E-state index contributed by atoms with van der Waals surface area (Å²) in [5.74, 6) is -2.42. The SMILES string of the molecule is CCCCC(=O)OCC(OC(=O)CCCC)C(=O)C(=O)CC(C)C. The number of carbonyl (C=O) groups excluding carboxylic acids is 4. The van der Waals surface area contributed by atoms with Crippen LogP contribution in [0.3, 0.4) is 0 Å². The van der Waals surface area contributed by atoms with E-state index in [1.165, 1.54) is 0 Å². The third kappa shape index (κ3) is 10.1. The standard InChI is InChI=1S/C18H30O6/c1-5-7-9-16(20)23-12-15(24-17(21)10-8-6-2)18(22)14(19)11-13(3)4/h13,15H,5-12H2,1-4H3. The molecule has 0 aliphatic carbocycles. The van der Waals surface area contributed by atoms with Gasteiger partial charge in [0.25, 0.3) is 0 Å². The average molecular weight is 342 g/mol. The monoisotopic (exact) mass is 342 g/mol. The molecule has 0 aromatic carbocycles. The lowest BCUT2D eigenvalue weighted by atomic mass is 10.0. The topological polar surface area (TPSA) is 86.7 Å². The van der Waals surface area contributed by atoms with Gasteiger partial charge in [0.05, 0.1) is 0 Å². The Morgan fingerprint density at radius 2 is 1.42 bits per heavy atom. The van der Waals surface area contributed by atoms with Gasteiger partial charge in [0.1, 0.15) is 6.61 Å². The predicted octanol–water partition coefficient (Wildman–Crippen LogP) is 3.01. The molecule has 0 aromatic heterocycles. The van der Waals surface area contributed by atoms with Crippen molar-refractivity contribution in [2.24, 2.45) is 5.92 Å². The molecule has 0 aromatic rings. The number of unbranched alkanes of at least 4 members (excludes halogenated alkanes) is 2. The molecule has 0 rings (SSSR count). The minimum Gasteiger partial charge on any atom is -0.461 e. The summed E-state index contributed by atoms with van der Waals surface area (Å²) in [5, 5.41) is 0. The second kappa shape index (κ2) is 12.7. The lowest BCUT2D eigenvalue weighted by molar-refractivity contribution is -0.165. The Morgan fingerprint density at radius 3 is 1.92 bits per heavy atom. The van der Waals surface area contributed by atoms with Crippen LogP contribution in [0.15, 0.2) is 0 Å². The quantitative estimate of drug-likeness (QED) is 0.378. The van der Waals surface area contributed by atoms with Crippen LogP contribution in [-0.4, -0.2) is 36.2 Å². The highest BCUT2D eigenvalue weighted by atomic mass is 16.6. The second-order valence-corrected chi connectivity index (χ2v) is 6.25. The van der Waals surface area contributed by atoms with Gasteiger partial charge in [-0.25, -0.2) is 0 Å². The molecule has 1 unspecified atom stereocenters. The van der Waals surface area contributed by atoms with E-state index in [-0.39, 0.29) is 25.2 Å². The molecule has 0 spiro atoms. The molecule has 0 aliphatic heterocycles. The maximum absolute atomic E-state index is 12.2. The van der Waals surface area contributed by atoms with Gasteiger partial charge in [-0.2, -0.15) is 0 Å². The van der Waals surface area contributed by atoms with Crippen LogP contribution in [0.2, 0.25) is 0 Å². The summed E-state index contributed by atoms with van der Waals surface area (Å²) in [4.78, 5) is 47.4. The van der Waals surface area contributed by atoms with Gasteiger partial charge in [-0.3, -0.25) is 19.2 Å². The second-order valence-electron chi connectivity index (χ2n) is 6.25. The zero-order valence-corrected chi connectivity index (χ0v) is 15.3. The Balaban J connectivity index is 4.75. The molecule has 24 heavy (non-hydrogen) atoms. The van der Waals surface area contributed by atoms with Crippen LogP contribution < -0.4 is 0 Å². The molecule has 0 amide bonds.